The van der Waals surface area contributed by atoms with Gasteiger partial charge in [0.25, 0.3) is 0 Å². The second-order valence-corrected chi connectivity index (χ2v) is 14.3. The molecule has 0 spiro atoms. The molecule has 0 radical (unpaired) electrons. The Hall–Kier alpha value is -3.77. The summed E-state index contributed by atoms with van der Waals surface area (Å²) in [4.78, 5) is 78.8. The monoisotopic (exact) mass is 724 g/mol. The van der Waals surface area contributed by atoms with Crippen LogP contribution in [0, 0.1) is 23.7 Å². The predicted molar refractivity (Wildman–Crippen MR) is 197 cm³/mol. The van der Waals surface area contributed by atoms with Crippen molar-refractivity contribution in [3.05, 3.63) is 59.1 Å². The number of aliphatic hydroxyl groups is 1. The maximum absolute atomic E-state index is 13.4. The maximum Gasteiger partial charge on any atom is 0.224 e. The largest absolute Gasteiger partial charge is 0.391 e. The molecular weight excluding hydrogens is 672 g/mol. The van der Waals surface area contributed by atoms with Crippen molar-refractivity contribution in [3.63, 3.8) is 0 Å². The Kier molecular flexibility index (Phi) is 16.6. The third kappa shape index (κ3) is 13.1. The van der Waals surface area contributed by atoms with Gasteiger partial charge in [-0.05, 0) is 81.8 Å². The van der Waals surface area contributed by atoms with Gasteiger partial charge in [-0.15, -0.1) is 0 Å². The number of unbranched alkanes of at least 4 members (excludes halogenated alkanes) is 1. The van der Waals surface area contributed by atoms with Crippen molar-refractivity contribution in [1.82, 2.24) is 10.6 Å². The minimum absolute atomic E-state index is 0.0214. The molecule has 1 saturated carbocycles. The Morgan fingerprint density at radius 1 is 0.745 bits per heavy atom. The van der Waals surface area contributed by atoms with Crippen molar-refractivity contribution < 1.29 is 33.9 Å². The Balaban J connectivity index is 1.61. The van der Waals surface area contributed by atoms with Gasteiger partial charge in [0.1, 0.15) is 11.8 Å². The lowest BCUT2D eigenvalue weighted by Gasteiger charge is -2.25. The Morgan fingerprint density at radius 3 is 1.88 bits per heavy atom. The second-order valence-electron chi connectivity index (χ2n) is 13.9. The smallest absolute Gasteiger partial charge is 0.224 e. The molecule has 0 aliphatic heterocycles. The SMILES string of the molecule is C[C@H](CC(=O)[C@@H](NC(=O)[C@H](CCN)CC(=O)c1ccc(-c2ccc(Cl)cc2)cc1)[C@@H](C)O)C(=O)N[C@@H](CCCCN)C(=O)C[C@@H](C)C(=O)C1CC1. The van der Waals surface area contributed by atoms with Crippen LogP contribution in [-0.4, -0.2) is 71.3 Å². The summed E-state index contributed by atoms with van der Waals surface area (Å²) in [5.41, 5.74) is 13.6. The summed E-state index contributed by atoms with van der Waals surface area (Å²) >= 11 is 5.98. The van der Waals surface area contributed by atoms with Gasteiger partial charge < -0.3 is 27.2 Å². The minimum Gasteiger partial charge on any atom is -0.391 e. The van der Waals surface area contributed by atoms with Gasteiger partial charge in [0.15, 0.2) is 17.3 Å². The lowest BCUT2D eigenvalue weighted by molar-refractivity contribution is -0.135. The lowest BCUT2D eigenvalue weighted by Crippen LogP contribution is -2.51. The maximum atomic E-state index is 13.4. The molecule has 51 heavy (non-hydrogen) atoms. The van der Waals surface area contributed by atoms with E-state index in [0.29, 0.717) is 36.4 Å². The van der Waals surface area contributed by atoms with Gasteiger partial charge in [0.2, 0.25) is 11.8 Å². The molecule has 11 nitrogen and oxygen atoms in total. The average Bonchev–Trinajstić information content (AvgIpc) is 3.95. The van der Waals surface area contributed by atoms with Crippen LogP contribution >= 0.6 is 11.6 Å². The zero-order chi connectivity index (χ0) is 37.7. The van der Waals surface area contributed by atoms with Crippen LogP contribution in [0.3, 0.4) is 0 Å². The topological polar surface area (TPSA) is 199 Å². The van der Waals surface area contributed by atoms with Gasteiger partial charge in [0, 0.05) is 53.5 Å². The van der Waals surface area contributed by atoms with E-state index in [4.69, 9.17) is 23.1 Å². The molecule has 7 N–H and O–H groups in total. The van der Waals surface area contributed by atoms with Crippen LogP contribution in [0.2, 0.25) is 5.02 Å². The number of nitrogens with two attached hydrogens (primary N) is 2. The third-order valence-electron chi connectivity index (χ3n) is 9.41. The first-order chi connectivity index (χ1) is 24.2. The first-order valence-electron chi connectivity index (χ1n) is 17.9. The molecule has 0 aromatic heterocycles. The summed E-state index contributed by atoms with van der Waals surface area (Å²) in [6.07, 6.45) is 1.74. The number of nitrogens with one attached hydrogen (secondary N) is 2. The molecule has 1 aliphatic carbocycles. The molecule has 278 valence electrons. The zero-order valence-electron chi connectivity index (χ0n) is 29.9. The second kappa shape index (κ2) is 20.3. The van der Waals surface area contributed by atoms with Crippen LogP contribution in [-0.2, 0) is 24.0 Å². The molecule has 3 rings (SSSR count). The predicted octanol–water partition coefficient (Wildman–Crippen LogP) is 4.19. The first kappa shape index (κ1) is 41.6. The number of benzene rings is 2. The zero-order valence-corrected chi connectivity index (χ0v) is 30.6. The van der Waals surface area contributed by atoms with Gasteiger partial charge in [-0.1, -0.05) is 61.8 Å². The van der Waals surface area contributed by atoms with Crippen LogP contribution in [0.1, 0.15) is 88.9 Å². The highest BCUT2D eigenvalue weighted by Gasteiger charge is 2.36. The van der Waals surface area contributed by atoms with Crippen LogP contribution in [0.15, 0.2) is 48.5 Å². The number of carbonyl (C=O) groups excluding carboxylic acids is 6. The van der Waals surface area contributed by atoms with Crippen LogP contribution in [0.4, 0.5) is 0 Å². The number of Topliss-reactive ketones (excluding diaryl/α,β-unsaturated/α-hetero) is 4. The number of rotatable bonds is 23. The van der Waals surface area contributed by atoms with Crippen LogP contribution < -0.4 is 22.1 Å². The Bertz CT molecular complexity index is 1510. The molecule has 6 atom stereocenters. The fourth-order valence-corrected chi connectivity index (χ4v) is 6.18. The summed E-state index contributed by atoms with van der Waals surface area (Å²) in [6.45, 7) is 5.17. The standard InChI is InChI=1S/C39H53ClN4O7/c1-23(37(49)29-11-12-29)20-34(47)32(6-4-5-18-41)43-38(50)24(2)21-35(48)36(25(3)45)44-39(51)30(17-19-42)22-33(46)28-9-7-26(8-10-28)27-13-15-31(40)16-14-27/h7-10,13-16,23-25,29-30,32,36,45H,4-6,11-12,17-22,41-42H2,1-3H3,(H,43,50)(H,44,51)/t23-,24-,25-,30-,32+,36+/m1/s1. The number of amides is 2. The van der Waals surface area contributed by atoms with Gasteiger partial charge in [-0.2, -0.15) is 0 Å². The van der Waals surface area contributed by atoms with E-state index in [9.17, 15) is 33.9 Å². The number of aliphatic hydroxyl groups excluding tert-OH is 1. The van der Waals surface area contributed by atoms with Crippen LogP contribution in [0.5, 0.6) is 0 Å². The molecule has 1 fully saturated rings. The van der Waals surface area contributed by atoms with Gasteiger partial charge >= 0.3 is 0 Å². The van der Waals surface area contributed by atoms with Crippen molar-refractivity contribution in [1.29, 1.82) is 0 Å². The molecule has 2 aromatic rings. The van der Waals surface area contributed by atoms with Gasteiger partial charge in [-0.3, -0.25) is 28.8 Å². The highest BCUT2D eigenvalue weighted by Crippen LogP contribution is 2.33. The molecule has 0 unspecified atom stereocenters. The fourth-order valence-electron chi connectivity index (χ4n) is 6.06. The number of hydrogen-bond donors (Lipinski definition) is 5. The molecule has 2 amide bonds. The third-order valence-corrected chi connectivity index (χ3v) is 9.66. The number of halogens is 1. The van der Waals surface area contributed by atoms with Gasteiger partial charge in [-0.25, -0.2) is 0 Å². The van der Waals surface area contributed by atoms with Crippen molar-refractivity contribution in [2.24, 2.45) is 35.1 Å². The van der Waals surface area contributed by atoms with Crippen molar-refractivity contribution >= 4 is 46.5 Å². The molecule has 1 aliphatic rings. The Morgan fingerprint density at radius 2 is 1.33 bits per heavy atom. The van der Waals surface area contributed by atoms with E-state index in [2.05, 4.69) is 10.6 Å². The Labute approximate surface area is 305 Å². The number of hydrogen-bond acceptors (Lipinski definition) is 9. The summed E-state index contributed by atoms with van der Waals surface area (Å²) < 4.78 is 0. The van der Waals surface area contributed by atoms with Gasteiger partial charge in [0.05, 0.1) is 12.1 Å². The lowest BCUT2D eigenvalue weighted by atomic mass is 9.91. The van der Waals surface area contributed by atoms with E-state index in [-0.39, 0.29) is 55.5 Å². The molecule has 0 bridgehead atoms. The summed E-state index contributed by atoms with van der Waals surface area (Å²) in [6, 6.07) is 12.1. The average molecular weight is 725 g/mol. The van der Waals surface area contributed by atoms with E-state index < -0.39 is 53.5 Å². The number of carbonyl (C=O) groups is 6. The molecular formula is C39H53ClN4O7. The van der Waals surface area contributed by atoms with Crippen LogP contribution in [0.25, 0.3) is 11.1 Å². The fraction of sp³-hybridized carbons (Fsp3) is 0.538. The highest BCUT2D eigenvalue weighted by atomic mass is 35.5. The quantitative estimate of drug-likeness (QED) is 0.0824. The van der Waals surface area contributed by atoms with Crippen molar-refractivity contribution in [2.75, 3.05) is 13.1 Å². The van der Waals surface area contributed by atoms with Crippen molar-refractivity contribution in [2.45, 2.75) is 96.7 Å². The van der Waals surface area contributed by atoms with E-state index in [0.717, 1.165) is 24.0 Å². The normalized spacial score (nSPS) is 16.2. The molecule has 2 aromatic carbocycles. The first-order valence-corrected chi connectivity index (χ1v) is 18.3. The molecule has 0 saturated heterocycles. The number of ketones is 4. The van der Waals surface area contributed by atoms with E-state index in [1.807, 2.05) is 24.3 Å². The summed E-state index contributed by atoms with van der Waals surface area (Å²) in [5, 5.41) is 16.5. The minimum atomic E-state index is -1.34. The summed E-state index contributed by atoms with van der Waals surface area (Å²) in [7, 11) is 0. The van der Waals surface area contributed by atoms with Crippen molar-refractivity contribution in [3.8, 4) is 11.1 Å². The van der Waals surface area contributed by atoms with E-state index in [1.54, 1.807) is 31.2 Å². The molecule has 12 heteroatoms. The molecule has 0 heterocycles. The highest BCUT2D eigenvalue weighted by molar-refractivity contribution is 6.30. The summed E-state index contributed by atoms with van der Waals surface area (Å²) in [5.74, 6) is -4.32. The van der Waals surface area contributed by atoms with E-state index >= 15 is 0 Å². The van der Waals surface area contributed by atoms with E-state index in [1.165, 1.54) is 13.8 Å².